The number of carboxylic acid groups (broad SMARTS) is 1. The third kappa shape index (κ3) is 2.85. The summed E-state index contributed by atoms with van der Waals surface area (Å²) < 4.78 is 4.53. The van der Waals surface area contributed by atoms with Crippen LogP contribution in [0.4, 0.5) is 0 Å². The Morgan fingerprint density at radius 3 is 2.57 bits per heavy atom. The van der Waals surface area contributed by atoms with Crippen LogP contribution in [-0.4, -0.2) is 37.2 Å². The van der Waals surface area contributed by atoms with Gasteiger partial charge in [-0.1, -0.05) is 0 Å². The molecule has 0 radical (unpaired) electrons. The lowest BCUT2D eigenvalue weighted by Crippen LogP contribution is -2.44. The highest BCUT2D eigenvalue weighted by Crippen LogP contribution is 2.20. The minimum Gasteiger partial charge on any atom is -0.481 e. The number of ether oxygens (including phenoxy) is 1. The van der Waals surface area contributed by atoms with Gasteiger partial charge in [-0.3, -0.25) is 9.59 Å². The first-order valence-corrected chi connectivity index (χ1v) is 4.18. The number of carbonyl (C=O) groups is 2. The molecule has 1 rings (SSSR count). The van der Waals surface area contributed by atoms with Gasteiger partial charge in [-0.25, -0.2) is 0 Å². The summed E-state index contributed by atoms with van der Waals surface area (Å²) >= 11 is 0. The molecule has 0 saturated carbocycles. The molecule has 0 amide bonds. The molecule has 1 heterocycles. The van der Waals surface area contributed by atoms with E-state index in [0.29, 0.717) is 19.5 Å². The van der Waals surface area contributed by atoms with E-state index in [9.17, 15) is 9.59 Å². The van der Waals surface area contributed by atoms with Crippen molar-refractivity contribution in [2.45, 2.75) is 6.42 Å². The molecule has 1 aliphatic rings. The molecule has 0 bridgehead atoms. The Bertz CT molecular complexity index is 221. The highest BCUT2D eigenvalue weighted by molar-refractivity contribution is 5.85. The average molecular weight is 224 g/mol. The summed E-state index contributed by atoms with van der Waals surface area (Å²) in [7, 11) is 1.27. The number of carbonyl (C=O) groups excluding carboxylic acids is 1. The highest BCUT2D eigenvalue weighted by Gasteiger charge is 2.36. The number of halogens is 1. The second kappa shape index (κ2) is 5.82. The van der Waals surface area contributed by atoms with Crippen molar-refractivity contribution < 1.29 is 19.4 Å². The summed E-state index contributed by atoms with van der Waals surface area (Å²) in [5.41, 5.74) is 0. The molecular formula is C8H14ClNO4. The number of rotatable bonds is 2. The quantitative estimate of drug-likeness (QED) is 0.639. The summed E-state index contributed by atoms with van der Waals surface area (Å²) in [6.45, 7) is 1.04. The number of esters is 1. The van der Waals surface area contributed by atoms with Crippen molar-refractivity contribution in [2.75, 3.05) is 20.2 Å². The number of hydrogen-bond acceptors (Lipinski definition) is 4. The molecule has 0 aromatic rings. The van der Waals surface area contributed by atoms with E-state index < -0.39 is 23.8 Å². The molecule has 2 N–H and O–H groups in total. The summed E-state index contributed by atoms with van der Waals surface area (Å²) in [5.74, 6) is -2.51. The van der Waals surface area contributed by atoms with Crippen LogP contribution < -0.4 is 5.32 Å². The zero-order valence-electron chi connectivity index (χ0n) is 7.86. The fraction of sp³-hybridized carbons (Fsp3) is 0.750. The van der Waals surface area contributed by atoms with E-state index in [-0.39, 0.29) is 12.4 Å². The predicted molar refractivity (Wildman–Crippen MR) is 51.4 cm³/mol. The van der Waals surface area contributed by atoms with E-state index in [1.165, 1.54) is 7.11 Å². The first-order chi connectivity index (χ1) is 6.16. The van der Waals surface area contributed by atoms with E-state index >= 15 is 0 Å². The van der Waals surface area contributed by atoms with Crippen molar-refractivity contribution in [3.63, 3.8) is 0 Å². The fourth-order valence-corrected chi connectivity index (χ4v) is 1.55. The molecule has 0 unspecified atom stereocenters. The van der Waals surface area contributed by atoms with Gasteiger partial charge >= 0.3 is 11.9 Å². The van der Waals surface area contributed by atoms with Crippen LogP contribution in [0.2, 0.25) is 0 Å². The summed E-state index contributed by atoms with van der Waals surface area (Å²) in [6, 6.07) is 0. The minimum atomic E-state index is -0.920. The van der Waals surface area contributed by atoms with E-state index in [2.05, 4.69) is 10.1 Å². The Labute approximate surface area is 88.2 Å². The third-order valence-corrected chi connectivity index (χ3v) is 2.30. The number of methoxy groups -OCH3 is 1. The molecule has 2 atom stereocenters. The number of aliphatic carboxylic acids is 1. The maximum absolute atomic E-state index is 11.2. The van der Waals surface area contributed by atoms with Gasteiger partial charge in [0.25, 0.3) is 0 Å². The van der Waals surface area contributed by atoms with Gasteiger partial charge < -0.3 is 15.2 Å². The zero-order chi connectivity index (χ0) is 9.84. The van der Waals surface area contributed by atoms with Gasteiger partial charge in [0, 0.05) is 6.54 Å². The van der Waals surface area contributed by atoms with Crippen LogP contribution in [0.25, 0.3) is 0 Å². The normalized spacial score (nSPS) is 26.1. The second-order valence-electron chi connectivity index (χ2n) is 3.07. The lowest BCUT2D eigenvalue weighted by Gasteiger charge is -2.26. The van der Waals surface area contributed by atoms with Crippen molar-refractivity contribution in [3.05, 3.63) is 0 Å². The molecule has 5 nitrogen and oxygen atoms in total. The van der Waals surface area contributed by atoms with Gasteiger partial charge in [0.1, 0.15) is 0 Å². The van der Waals surface area contributed by atoms with Gasteiger partial charge in [0.05, 0.1) is 18.9 Å². The monoisotopic (exact) mass is 223 g/mol. The van der Waals surface area contributed by atoms with Crippen LogP contribution in [0.5, 0.6) is 0 Å². The van der Waals surface area contributed by atoms with Gasteiger partial charge in [-0.05, 0) is 13.0 Å². The van der Waals surface area contributed by atoms with Crippen LogP contribution in [0.1, 0.15) is 6.42 Å². The van der Waals surface area contributed by atoms with Crippen molar-refractivity contribution in [1.82, 2.24) is 5.32 Å². The molecule has 82 valence electrons. The maximum atomic E-state index is 11.2. The van der Waals surface area contributed by atoms with E-state index in [4.69, 9.17) is 5.11 Å². The van der Waals surface area contributed by atoms with Crippen molar-refractivity contribution in [2.24, 2.45) is 11.8 Å². The summed E-state index contributed by atoms with van der Waals surface area (Å²) in [6.07, 6.45) is 0.481. The van der Waals surface area contributed by atoms with Crippen LogP contribution >= 0.6 is 12.4 Å². The molecule has 0 aromatic heterocycles. The van der Waals surface area contributed by atoms with E-state index in [1.807, 2.05) is 0 Å². The first-order valence-electron chi connectivity index (χ1n) is 4.18. The molecule has 1 aliphatic heterocycles. The first kappa shape index (κ1) is 13.2. The van der Waals surface area contributed by atoms with Crippen LogP contribution in [-0.2, 0) is 14.3 Å². The molecule has 0 spiro atoms. The largest absolute Gasteiger partial charge is 0.481 e. The third-order valence-electron chi connectivity index (χ3n) is 2.30. The molecule has 14 heavy (non-hydrogen) atoms. The smallest absolute Gasteiger partial charge is 0.310 e. The van der Waals surface area contributed by atoms with Gasteiger partial charge in [0.2, 0.25) is 0 Å². The molecule has 1 saturated heterocycles. The molecule has 6 heteroatoms. The highest BCUT2D eigenvalue weighted by atomic mass is 35.5. The molecular weight excluding hydrogens is 210 g/mol. The second-order valence-corrected chi connectivity index (χ2v) is 3.07. The Hall–Kier alpha value is -0.810. The predicted octanol–water partition coefficient (Wildman–Crippen LogP) is -0.108. The maximum Gasteiger partial charge on any atom is 0.310 e. The summed E-state index contributed by atoms with van der Waals surface area (Å²) in [5, 5.41) is 11.8. The van der Waals surface area contributed by atoms with E-state index in [0.717, 1.165) is 0 Å². The van der Waals surface area contributed by atoms with Crippen LogP contribution in [0.3, 0.4) is 0 Å². The Balaban J connectivity index is 0.00000169. The van der Waals surface area contributed by atoms with E-state index in [1.54, 1.807) is 0 Å². The minimum absolute atomic E-state index is 0. The summed E-state index contributed by atoms with van der Waals surface area (Å²) in [4.78, 5) is 21.9. The van der Waals surface area contributed by atoms with Gasteiger partial charge in [0.15, 0.2) is 0 Å². The van der Waals surface area contributed by atoms with Gasteiger partial charge in [-0.2, -0.15) is 0 Å². The Morgan fingerprint density at radius 1 is 1.43 bits per heavy atom. The van der Waals surface area contributed by atoms with Crippen LogP contribution in [0, 0.1) is 11.8 Å². The molecule has 0 aliphatic carbocycles. The van der Waals surface area contributed by atoms with Crippen molar-refractivity contribution >= 4 is 24.3 Å². The van der Waals surface area contributed by atoms with Crippen molar-refractivity contribution in [3.8, 4) is 0 Å². The fourth-order valence-electron chi connectivity index (χ4n) is 1.55. The lowest BCUT2D eigenvalue weighted by atomic mass is 9.86. The molecule has 1 fully saturated rings. The van der Waals surface area contributed by atoms with Crippen molar-refractivity contribution in [1.29, 1.82) is 0 Å². The average Bonchev–Trinajstić information content (AvgIpc) is 2.16. The zero-order valence-corrected chi connectivity index (χ0v) is 8.67. The topological polar surface area (TPSA) is 75.6 Å². The SMILES string of the molecule is COC(=O)[C@@H]1CNCC[C@@H]1C(=O)O.Cl. The Morgan fingerprint density at radius 2 is 2.07 bits per heavy atom. The number of carboxylic acids is 1. The standard InChI is InChI=1S/C8H13NO4.ClH/c1-13-8(12)6-4-9-3-2-5(6)7(10)11;/h5-6,9H,2-4H2,1H3,(H,10,11);1H/t5-,6+;/m0./s1. The number of hydrogen-bond donors (Lipinski definition) is 2. The van der Waals surface area contributed by atoms with Gasteiger partial charge in [-0.15, -0.1) is 12.4 Å². The number of piperidine rings is 1. The Kier molecular flexibility index (Phi) is 5.49. The number of nitrogens with one attached hydrogen (secondary N) is 1. The van der Waals surface area contributed by atoms with Crippen LogP contribution in [0.15, 0.2) is 0 Å². The molecule has 0 aromatic carbocycles. The lowest BCUT2D eigenvalue weighted by molar-refractivity contribution is -0.156.